The topological polar surface area (TPSA) is 58.2 Å². The number of carbonyl (C=O) groups is 2. The lowest BCUT2D eigenvalue weighted by Gasteiger charge is -2.30. The predicted molar refractivity (Wildman–Crippen MR) is 104 cm³/mol. The van der Waals surface area contributed by atoms with Crippen LogP contribution in [0, 0.1) is 23.5 Å². The summed E-state index contributed by atoms with van der Waals surface area (Å²) >= 11 is 0. The Kier molecular flexibility index (Phi) is 7.40. The Morgan fingerprint density at radius 1 is 0.929 bits per heavy atom. The molecule has 2 amide bonds. The first-order valence-corrected chi connectivity index (χ1v) is 10.5. The molecule has 2 saturated carbocycles. The molecule has 0 saturated heterocycles. The van der Waals surface area contributed by atoms with Gasteiger partial charge in [0.2, 0.25) is 5.91 Å². The second-order valence-electron chi connectivity index (χ2n) is 8.35. The van der Waals surface area contributed by atoms with Crippen LogP contribution in [0.2, 0.25) is 0 Å². The number of rotatable bonds is 7. The lowest BCUT2D eigenvalue weighted by atomic mass is 9.85. The van der Waals surface area contributed by atoms with Gasteiger partial charge in [-0.2, -0.15) is 0 Å². The van der Waals surface area contributed by atoms with Gasteiger partial charge in [-0.25, -0.2) is 8.78 Å². The van der Waals surface area contributed by atoms with Gasteiger partial charge in [0, 0.05) is 30.6 Å². The molecular formula is C22H30F2N2O2. The fourth-order valence-electron chi connectivity index (χ4n) is 4.54. The Hall–Kier alpha value is -1.98. The smallest absolute Gasteiger partial charge is 0.251 e. The predicted octanol–water partition coefficient (Wildman–Crippen LogP) is 4.34. The van der Waals surface area contributed by atoms with Crippen LogP contribution in [0.1, 0.15) is 74.6 Å². The molecule has 0 bridgehead atoms. The van der Waals surface area contributed by atoms with E-state index in [9.17, 15) is 18.4 Å². The van der Waals surface area contributed by atoms with Crippen LogP contribution in [0.4, 0.5) is 8.78 Å². The molecule has 28 heavy (non-hydrogen) atoms. The number of carbonyl (C=O) groups excluding carboxylic acids is 2. The van der Waals surface area contributed by atoms with Crippen molar-refractivity contribution >= 4 is 11.8 Å². The standard InChI is InChI=1S/C22H30F2N2O2/c23-18-11-17(12-19(24)13-18)22(28)26-20-7-3-6-16(10-20)14-25-21(27)9-8-15-4-1-2-5-15/h11-13,15-16,20H,1-10,14H2,(H,25,27)(H,26,28)/t16-,20+/m1/s1. The van der Waals surface area contributed by atoms with Crippen LogP contribution >= 0.6 is 0 Å². The summed E-state index contributed by atoms with van der Waals surface area (Å²) < 4.78 is 26.6. The molecule has 1 aromatic carbocycles. The normalized spacial score (nSPS) is 22.8. The highest BCUT2D eigenvalue weighted by atomic mass is 19.1. The first-order valence-electron chi connectivity index (χ1n) is 10.5. The van der Waals surface area contributed by atoms with Crippen LogP contribution in [0.3, 0.4) is 0 Å². The number of halogens is 2. The highest BCUT2D eigenvalue weighted by Gasteiger charge is 2.24. The Labute approximate surface area is 165 Å². The molecule has 0 aromatic heterocycles. The van der Waals surface area contributed by atoms with Gasteiger partial charge in [-0.05, 0) is 49.7 Å². The summed E-state index contributed by atoms with van der Waals surface area (Å²) in [5, 5.41) is 5.93. The van der Waals surface area contributed by atoms with E-state index in [0.717, 1.165) is 50.3 Å². The number of nitrogens with one attached hydrogen (secondary N) is 2. The SMILES string of the molecule is O=C(CCC1CCCC1)NC[C@@H]1CCC[C@H](NC(=O)c2cc(F)cc(F)c2)C1. The minimum Gasteiger partial charge on any atom is -0.356 e. The van der Waals surface area contributed by atoms with Crippen molar-refractivity contribution in [3.63, 3.8) is 0 Å². The van der Waals surface area contributed by atoms with E-state index in [4.69, 9.17) is 0 Å². The summed E-state index contributed by atoms with van der Waals surface area (Å²) in [6.07, 6.45) is 10.3. The van der Waals surface area contributed by atoms with Crippen LogP contribution in [0.5, 0.6) is 0 Å². The van der Waals surface area contributed by atoms with Crippen LogP contribution in [0.25, 0.3) is 0 Å². The van der Waals surface area contributed by atoms with Crippen molar-refractivity contribution in [3.8, 4) is 0 Å². The van der Waals surface area contributed by atoms with E-state index in [2.05, 4.69) is 10.6 Å². The number of amides is 2. The highest BCUT2D eigenvalue weighted by molar-refractivity contribution is 5.94. The van der Waals surface area contributed by atoms with Gasteiger partial charge < -0.3 is 10.6 Å². The van der Waals surface area contributed by atoms with E-state index in [0.29, 0.717) is 24.8 Å². The molecule has 154 valence electrons. The lowest BCUT2D eigenvalue weighted by molar-refractivity contribution is -0.121. The summed E-state index contributed by atoms with van der Waals surface area (Å²) in [7, 11) is 0. The van der Waals surface area contributed by atoms with Gasteiger partial charge in [-0.3, -0.25) is 9.59 Å². The Morgan fingerprint density at radius 3 is 2.32 bits per heavy atom. The Morgan fingerprint density at radius 2 is 1.61 bits per heavy atom. The minimum atomic E-state index is -0.757. The summed E-state index contributed by atoms with van der Waals surface area (Å²) in [6, 6.07) is 2.81. The van der Waals surface area contributed by atoms with Crippen molar-refractivity contribution in [1.29, 1.82) is 0 Å². The Balaban J connectivity index is 1.40. The number of hydrogen-bond acceptors (Lipinski definition) is 2. The fourth-order valence-corrected chi connectivity index (χ4v) is 4.54. The first kappa shape index (κ1) is 20.7. The second-order valence-corrected chi connectivity index (χ2v) is 8.35. The van der Waals surface area contributed by atoms with Crippen molar-refractivity contribution in [2.45, 2.75) is 70.3 Å². The maximum absolute atomic E-state index is 13.3. The summed E-state index contributed by atoms with van der Waals surface area (Å²) in [4.78, 5) is 24.4. The maximum Gasteiger partial charge on any atom is 0.251 e. The molecule has 0 unspecified atom stereocenters. The van der Waals surface area contributed by atoms with Gasteiger partial charge in [0.25, 0.3) is 5.91 Å². The fraction of sp³-hybridized carbons (Fsp3) is 0.636. The van der Waals surface area contributed by atoms with Crippen LogP contribution < -0.4 is 10.6 Å². The maximum atomic E-state index is 13.3. The molecule has 2 aliphatic carbocycles. The van der Waals surface area contributed by atoms with E-state index >= 15 is 0 Å². The molecule has 4 nitrogen and oxygen atoms in total. The summed E-state index contributed by atoms with van der Waals surface area (Å²) in [5.41, 5.74) is -0.000149. The summed E-state index contributed by atoms with van der Waals surface area (Å²) in [5.74, 6) is -0.816. The molecule has 6 heteroatoms. The zero-order valence-corrected chi connectivity index (χ0v) is 16.3. The minimum absolute atomic E-state index is 0.000149. The third-order valence-corrected chi connectivity index (χ3v) is 6.09. The van der Waals surface area contributed by atoms with Crippen molar-refractivity contribution in [1.82, 2.24) is 10.6 Å². The zero-order valence-electron chi connectivity index (χ0n) is 16.3. The molecule has 2 fully saturated rings. The monoisotopic (exact) mass is 392 g/mol. The van der Waals surface area contributed by atoms with E-state index in [1.807, 2.05) is 0 Å². The van der Waals surface area contributed by atoms with E-state index < -0.39 is 17.5 Å². The van der Waals surface area contributed by atoms with E-state index in [1.54, 1.807) is 0 Å². The first-order chi connectivity index (χ1) is 13.5. The van der Waals surface area contributed by atoms with Gasteiger partial charge in [0.05, 0.1) is 0 Å². The van der Waals surface area contributed by atoms with Crippen LogP contribution in [-0.4, -0.2) is 24.4 Å². The molecule has 3 rings (SSSR count). The zero-order chi connectivity index (χ0) is 19.9. The molecule has 1 aromatic rings. The Bertz CT molecular complexity index is 669. The van der Waals surface area contributed by atoms with Crippen molar-refractivity contribution in [2.24, 2.45) is 11.8 Å². The largest absolute Gasteiger partial charge is 0.356 e. The average molecular weight is 392 g/mol. The van der Waals surface area contributed by atoms with Crippen molar-refractivity contribution in [2.75, 3.05) is 6.54 Å². The summed E-state index contributed by atoms with van der Waals surface area (Å²) in [6.45, 7) is 0.629. The molecular weight excluding hydrogens is 362 g/mol. The number of benzene rings is 1. The second kappa shape index (κ2) is 9.99. The van der Waals surface area contributed by atoms with Gasteiger partial charge in [-0.15, -0.1) is 0 Å². The molecule has 0 spiro atoms. The highest BCUT2D eigenvalue weighted by Crippen LogP contribution is 2.28. The quantitative estimate of drug-likeness (QED) is 0.725. The molecule has 0 heterocycles. The van der Waals surface area contributed by atoms with Gasteiger partial charge in [0.15, 0.2) is 0 Å². The third kappa shape index (κ3) is 6.28. The molecule has 0 radical (unpaired) electrons. The number of hydrogen-bond donors (Lipinski definition) is 2. The third-order valence-electron chi connectivity index (χ3n) is 6.09. The van der Waals surface area contributed by atoms with Crippen LogP contribution in [-0.2, 0) is 4.79 Å². The van der Waals surface area contributed by atoms with E-state index in [1.165, 1.54) is 25.7 Å². The molecule has 0 aliphatic heterocycles. The molecule has 2 aliphatic rings. The average Bonchev–Trinajstić information content (AvgIpc) is 3.18. The van der Waals surface area contributed by atoms with Crippen molar-refractivity contribution in [3.05, 3.63) is 35.4 Å². The van der Waals surface area contributed by atoms with E-state index in [-0.39, 0.29) is 17.5 Å². The van der Waals surface area contributed by atoms with Gasteiger partial charge in [-0.1, -0.05) is 32.1 Å². The van der Waals surface area contributed by atoms with Crippen molar-refractivity contribution < 1.29 is 18.4 Å². The van der Waals surface area contributed by atoms with Gasteiger partial charge in [0.1, 0.15) is 11.6 Å². The van der Waals surface area contributed by atoms with Crippen LogP contribution in [0.15, 0.2) is 18.2 Å². The van der Waals surface area contributed by atoms with Gasteiger partial charge >= 0.3 is 0 Å². The molecule has 2 atom stereocenters. The molecule has 2 N–H and O–H groups in total. The lowest BCUT2D eigenvalue weighted by Crippen LogP contribution is -2.41.